The first kappa shape index (κ1) is 7.74. The zero-order valence-electron chi connectivity index (χ0n) is 7.96. The molecule has 0 atom stereocenters. The van der Waals surface area contributed by atoms with Gasteiger partial charge in [0, 0.05) is 23.2 Å². The van der Waals surface area contributed by atoms with Crippen molar-refractivity contribution < 1.29 is 9.47 Å². The number of fused-ring (bicyclic) bond motifs is 2. The van der Waals surface area contributed by atoms with Gasteiger partial charge in [-0.25, -0.2) is 0 Å². The van der Waals surface area contributed by atoms with Crippen LogP contribution in [0.4, 0.5) is 0 Å². The van der Waals surface area contributed by atoms with Gasteiger partial charge in [0.1, 0.15) is 13.2 Å². The molecule has 2 aromatic rings. The van der Waals surface area contributed by atoms with E-state index in [1.165, 1.54) is 10.9 Å². The molecule has 3 rings (SSSR count). The summed E-state index contributed by atoms with van der Waals surface area (Å²) in [5.74, 6) is 1.69. The minimum absolute atomic E-state index is 0.637. The summed E-state index contributed by atoms with van der Waals surface area (Å²) < 4.78 is 11.0. The predicted octanol–water partition coefficient (Wildman–Crippen LogP) is 2.25. The minimum Gasteiger partial charge on any atom is -0.486 e. The molecule has 1 N–H and O–H groups in total. The van der Waals surface area contributed by atoms with E-state index >= 15 is 0 Å². The average molecular weight is 189 g/mol. The Hall–Kier alpha value is -1.64. The fraction of sp³-hybridized carbons (Fsp3) is 0.273. The molecule has 1 aliphatic heterocycles. The second-order valence-electron chi connectivity index (χ2n) is 3.51. The zero-order chi connectivity index (χ0) is 9.54. The second-order valence-corrected chi connectivity index (χ2v) is 3.51. The van der Waals surface area contributed by atoms with Gasteiger partial charge >= 0.3 is 0 Å². The van der Waals surface area contributed by atoms with Crippen molar-refractivity contribution >= 4 is 10.9 Å². The van der Waals surface area contributed by atoms with Crippen LogP contribution in [0.5, 0.6) is 11.5 Å². The largest absolute Gasteiger partial charge is 0.486 e. The van der Waals surface area contributed by atoms with Crippen molar-refractivity contribution in [1.29, 1.82) is 0 Å². The SMILES string of the molecule is Cc1c[nH]c2cc3c(cc12)OCCO3. The van der Waals surface area contributed by atoms with Crippen LogP contribution in [0.25, 0.3) is 10.9 Å². The molecule has 0 aliphatic carbocycles. The second kappa shape index (κ2) is 2.67. The summed E-state index contributed by atoms with van der Waals surface area (Å²) in [5.41, 5.74) is 2.34. The monoisotopic (exact) mass is 189 g/mol. The molecule has 2 heterocycles. The number of aromatic amines is 1. The van der Waals surface area contributed by atoms with E-state index in [2.05, 4.69) is 11.9 Å². The molecule has 0 amide bonds. The Morgan fingerprint density at radius 2 is 1.86 bits per heavy atom. The number of hydrogen-bond acceptors (Lipinski definition) is 2. The van der Waals surface area contributed by atoms with Crippen LogP contribution in [0.2, 0.25) is 0 Å². The van der Waals surface area contributed by atoms with Crippen LogP contribution >= 0.6 is 0 Å². The summed E-state index contributed by atoms with van der Waals surface area (Å²) in [4.78, 5) is 3.20. The molecule has 3 heteroatoms. The Morgan fingerprint density at radius 3 is 2.64 bits per heavy atom. The Labute approximate surface area is 81.6 Å². The quantitative estimate of drug-likeness (QED) is 0.689. The standard InChI is InChI=1S/C11H11NO2/c1-7-6-12-9-5-11-10(4-8(7)9)13-2-3-14-11/h4-6,12H,2-3H2,1H3. The Morgan fingerprint density at radius 1 is 1.14 bits per heavy atom. The number of H-pyrrole nitrogens is 1. The van der Waals surface area contributed by atoms with E-state index in [-0.39, 0.29) is 0 Å². The lowest BCUT2D eigenvalue weighted by molar-refractivity contribution is 0.172. The van der Waals surface area contributed by atoms with E-state index in [1.54, 1.807) is 0 Å². The normalized spacial score (nSPS) is 14.6. The van der Waals surface area contributed by atoms with Gasteiger partial charge < -0.3 is 14.5 Å². The fourth-order valence-corrected chi connectivity index (χ4v) is 1.80. The van der Waals surface area contributed by atoms with Gasteiger partial charge in [0.25, 0.3) is 0 Å². The van der Waals surface area contributed by atoms with Crippen molar-refractivity contribution in [2.24, 2.45) is 0 Å². The van der Waals surface area contributed by atoms with Crippen molar-refractivity contribution in [1.82, 2.24) is 4.98 Å². The number of aryl methyl sites for hydroxylation is 1. The van der Waals surface area contributed by atoms with Crippen molar-refractivity contribution in [2.75, 3.05) is 13.2 Å². The molecule has 3 nitrogen and oxygen atoms in total. The number of benzene rings is 1. The number of rotatable bonds is 0. The summed E-state index contributed by atoms with van der Waals surface area (Å²) >= 11 is 0. The third-order valence-corrected chi connectivity index (χ3v) is 2.55. The van der Waals surface area contributed by atoms with E-state index in [0.717, 1.165) is 17.0 Å². The highest BCUT2D eigenvalue weighted by atomic mass is 16.6. The molecule has 0 bridgehead atoms. The lowest BCUT2D eigenvalue weighted by Crippen LogP contribution is -2.15. The number of aromatic nitrogens is 1. The molecule has 0 saturated heterocycles. The first-order valence-electron chi connectivity index (χ1n) is 4.72. The molecule has 1 aliphatic rings. The third kappa shape index (κ3) is 0.985. The van der Waals surface area contributed by atoms with Crippen molar-refractivity contribution in [2.45, 2.75) is 6.92 Å². The van der Waals surface area contributed by atoms with Gasteiger partial charge in [0.15, 0.2) is 11.5 Å². The summed E-state index contributed by atoms with van der Waals surface area (Å²) in [6, 6.07) is 4.03. The van der Waals surface area contributed by atoms with E-state index in [1.807, 2.05) is 18.3 Å². The predicted molar refractivity (Wildman–Crippen MR) is 54.0 cm³/mol. The van der Waals surface area contributed by atoms with Crippen molar-refractivity contribution in [3.8, 4) is 11.5 Å². The summed E-state index contributed by atoms with van der Waals surface area (Å²) in [7, 11) is 0. The summed E-state index contributed by atoms with van der Waals surface area (Å²) in [6.07, 6.45) is 2.00. The number of hydrogen-bond donors (Lipinski definition) is 1. The van der Waals surface area contributed by atoms with Crippen LogP contribution in [-0.4, -0.2) is 18.2 Å². The van der Waals surface area contributed by atoms with E-state index < -0.39 is 0 Å². The maximum Gasteiger partial charge on any atom is 0.163 e. The van der Waals surface area contributed by atoms with Crippen molar-refractivity contribution in [3.63, 3.8) is 0 Å². The van der Waals surface area contributed by atoms with Gasteiger partial charge in [0.2, 0.25) is 0 Å². The highest BCUT2D eigenvalue weighted by molar-refractivity contribution is 5.86. The van der Waals surface area contributed by atoms with Crippen LogP contribution in [0.15, 0.2) is 18.3 Å². The lowest BCUT2D eigenvalue weighted by atomic mass is 10.1. The molecule has 0 fully saturated rings. The van der Waals surface area contributed by atoms with Gasteiger partial charge in [-0.3, -0.25) is 0 Å². The molecule has 0 unspecified atom stereocenters. The van der Waals surface area contributed by atoms with E-state index in [9.17, 15) is 0 Å². The number of ether oxygens (including phenoxy) is 2. The maximum atomic E-state index is 5.52. The number of nitrogens with one attached hydrogen (secondary N) is 1. The molecule has 14 heavy (non-hydrogen) atoms. The van der Waals surface area contributed by atoms with E-state index in [4.69, 9.17) is 9.47 Å². The van der Waals surface area contributed by atoms with Crippen molar-refractivity contribution in [3.05, 3.63) is 23.9 Å². The molecule has 1 aromatic heterocycles. The minimum atomic E-state index is 0.637. The van der Waals surface area contributed by atoms with Gasteiger partial charge in [-0.1, -0.05) is 0 Å². The van der Waals surface area contributed by atoms with Crippen LogP contribution in [0, 0.1) is 6.92 Å². The van der Waals surface area contributed by atoms with Crippen LogP contribution < -0.4 is 9.47 Å². The maximum absolute atomic E-state index is 5.52. The van der Waals surface area contributed by atoms with Gasteiger partial charge in [0.05, 0.1) is 0 Å². The van der Waals surface area contributed by atoms with Gasteiger partial charge in [-0.05, 0) is 18.6 Å². The van der Waals surface area contributed by atoms with Crippen LogP contribution in [0.1, 0.15) is 5.56 Å². The van der Waals surface area contributed by atoms with Crippen LogP contribution in [-0.2, 0) is 0 Å². The first-order valence-corrected chi connectivity index (χ1v) is 4.72. The Bertz CT molecular complexity index is 487. The molecule has 1 aromatic carbocycles. The first-order chi connectivity index (χ1) is 6.84. The highest BCUT2D eigenvalue weighted by Gasteiger charge is 2.13. The fourth-order valence-electron chi connectivity index (χ4n) is 1.80. The molecular formula is C11H11NO2. The average Bonchev–Trinajstić information content (AvgIpc) is 2.57. The van der Waals surface area contributed by atoms with Gasteiger partial charge in [-0.2, -0.15) is 0 Å². The molecule has 0 spiro atoms. The highest BCUT2D eigenvalue weighted by Crippen LogP contribution is 2.35. The molecular weight excluding hydrogens is 178 g/mol. The summed E-state index contributed by atoms with van der Waals surface area (Å²) in [6.45, 7) is 3.36. The third-order valence-electron chi connectivity index (χ3n) is 2.55. The van der Waals surface area contributed by atoms with Crippen LogP contribution in [0.3, 0.4) is 0 Å². The van der Waals surface area contributed by atoms with Gasteiger partial charge in [-0.15, -0.1) is 0 Å². The smallest absolute Gasteiger partial charge is 0.163 e. The lowest BCUT2D eigenvalue weighted by Gasteiger charge is -2.18. The Balaban J connectivity index is 2.29. The zero-order valence-corrected chi connectivity index (χ0v) is 7.96. The molecule has 0 saturated carbocycles. The molecule has 0 radical (unpaired) electrons. The topological polar surface area (TPSA) is 34.2 Å². The Kier molecular flexibility index (Phi) is 1.48. The summed E-state index contributed by atoms with van der Waals surface area (Å²) in [5, 5.41) is 1.20. The molecule has 72 valence electrons. The van der Waals surface area contributed by atoms with E-state index in [0.29, 0.717) is 13.2 Å².